The van der Waals surface area contributed by atoms with Gasteiger partial charge in [-0.25, -0.2) is 13.4 Å². The van der Waals surface area contributed by atoms with Gasteiger partial charge < -0.3 is 34.1 Å². The fourth-order valence-corrected chi connectivity index (χ4v) is 6.34. The fraction of sp³-hybridized carbons (Fsp3) is 0.0588. The maximum Gasteiger partial charge on any atom is 0.262 e. The van der Waals surface area contributed by atoms with Gasteiger partial charge in [0.1, 0.15) is 28.3 Å². The molecule has 0 unspecified atom stereocenters. The molecule has 1 amide bonds. The summed E-state index contributed by atoms with van der Waals surface area (Å²) in [6.07, 6.45) is 0.376. The Morgan fingerprint density at radius 3 is 1.96 bits per heavy atom. The van der Waals surface area contributed by atoms with Gasteiger partial charge in [0.15, 0.2) is 11.5 Å². The predicted octanol–water partition coefficient (Wildman–Crippen LogP) is 3.35. The number of carbonyl (C=O) groups is 1. The highest BCUT2D eigenvalue weighted by atomic mass is 32.3. The van der Waals surface area contributed by atoms with E-state index in [-0.39, 0.29) is 57.5 Å². The van der Waals surface area contributed by atoms with Crippen LogP contribution in [0.5, 0.6) is 28.7 Å². The number of rotatable bonds is 7. The van der Waals surface area contributed by atoms with Gasteiger partial charge in [-0.2, -0.15) is 0 Å². The quantitative estimate of drug-likeness (QED) is 0.151. The number of para-hydroxylation sites is 1. The number of carbonyl (C=O) groups excluding carboxylic acids is 1. The molecule has 0 atom stereocenters. The lowest BCUT2D eigenvalue weighted by atomic mass is 9.95. The summed E-state index contributed by atoms with van der Waals surface area (Å²) in [5.74, 6) is -1.00. The van der Waals surface area contributed by atoms with Gasteiger partial charge in [-0.15, -0.1) is 0 Å². The van der Waals surface area contributed by atoms with Crippen LogP contribution < -0.4 is 19.7 Å². The molecule has 0 fully saturated rings. The average molecular weight is 636 g/mol. The Bertz CT molecular complexity index is 2410. The monoisotopic (exact) mass is 635 g/mol. The minimum Gasteiger partial charge on any atom is -0.716 e. The van der Waals surface area contributed by atoms with Gasteiger partial charge in [0, 0.05) is 22.2 Å². The Morgan fingerprint density at radius 2 is 1.35 bits per heavy atom. The van der Waals surface area contributed by atoms with Crippen molar-refractivity contribution in [2.45, 2.75) is 6.42 Å². The Hall–Kier alpha value is -5.85. The van der Waals surface area contributed by atoms with E-state index in [4.69, 9.17) is 4.18 Å². The molecule has 0 saturated heterocycles. The molecule has 5 aromatic carbocycles. The molecule has 46 heavy (non-hydrogen) atoms. The fourth-order valence-electron chi connectivity index (χ4n) is 5.98. The van der Waals surface area contributed by atoms with Gasteiger partial charge in [0.2, 0.25) is 0 Å². The van der Waals surface area contributed by atoms with Crippen molar-refractivity contribution in [3.05, 3.63) is 123 Å². The molecule has 0 bridgehead atoms. The summed E-state index contributed by atoms with van der Waals surface area (Å²) < 4.78 is 39.4. The number of anilines is 1. The highest BCUT2D eigenvalue weighted by Crippen LogP contribution is 2.46. The number of phenolic OH excluding ortho intramolecular Hbond substituents is 4. The number of benzene rings is 5. The van der Waals surface area contributed by atoms with Crippen LogP contribution in [0.2, 0.25) is 0 Å². The minimum atomic E-state index is -5.18. The zero-order valence-corrected chi connectivity index (χ0v) is 24.5. The van der Waals surface area contributed by atoms with Crippen molar-refractivity contribution >= 4 is 33.3 Å². The highest BCUT2D eigenvalue weighted by Gasteiger charge is 2.37. The second-order valence-electron chi connectivity index (χ2n) is 10.8. The third-order valence-corrected chi connectivity index (χ3v) is 8.34. The Kier molecular flexibility index (Phi) is 6.69. The Morgan fingerprint density at radius 1 is 0.761 bits per heavy atom. The molecule has 2 aliphatic rings. The molecule has 230 valence electrons. The standard InChI is InChI=1S/C34H24N2O9S/c37-21-10-4-18(5-11-21)16-17-36-32-27(20-8-14-23(39)15-9-20)33(40)31-28(24-2-1-3-25(30(24)35-31)45-46(42,43)44)29(32)26(34(36)41)19-6-12-22(38)13-7-19/h1-15,37-40H,16-17H2,(H,42,43,44)/p-1. The van der Waals surface area contributed by atoms with Crippen molar-refractivity contribution in [3.63, 3.8) is 0 Å². The maximum absolute atomic E-state index is 14.5. The van der Waals surface area contributed by atoms with Crippen LogP contribution in [0.15, 0.2) is 96.0 Å². The van der Waals surface area contributed by atoms with E-state index in [9.17, 15) is 38.2 Å². The van der Waals surface area contributed by atoms with Crippen LogP contribution >= 0.6 is 0 Å². The molecular weight excluding hydrogens is 612 g/mol. The van der Waals surface area contributed by atoms with Crippen molar-refractivity contribution in [3.8, 4) is 39.9 Å². The first-order valence-electron chi connectivity index (χ1n) is 14.0. The third kappa shape index (κ3) is 4.85. The van der Waals surface area contributed by atoms with Crippen LogP contribution in [-0.2, 0) is 21.6 Å². The Balaban J connectivity index is 1.62. The molecule has 4 N–H and O–H groups in total. The lowest BCUT2D eigenvalue weighted by Crippen LogP contribution is -2.31. The van der Waals surface area contributed by atoms with E-state index in [1.54, 1.807) is 54.6 Å². The summed E-state index contributed by atoms with van der Waals surface area (Å²) in [7, 11) is -5.18. The highest BCUT2D eigenvalue weighted by molar-refractivity contribution is 7.81. The molecule has 12 heteroatoms. The zero-order chi connectivity index (χ0) is 32.3. The van der Waals surface area contributed by atoms with Gasteiger partial charge in [-0.1, -0.05) is 48.5 Å². The smallest absolute Gasteiger partial charge is 0.262 e. The molecule has 0 radical (unpaired) electrons. The van der Waals surface area contributed by atoms with Crippen LogP contribution in [0.1, 0.15) is 11.1 Å². The van der Waals surface area contributed by atoms with Crippen LogP contribution in [0.25, 0.3) is 16.7 Å². The summed E-state index contributed by atoms with van der Waals surface area (Å²) in [5.41, 5.74) is 2.60. The van der Waals surface area contributed by atoms with E-state index in [0.717, 1.165) is 5.56 Å². The summed E-state index contributed by atoms with van der Waals surface area (Å²) in [4.78, 5) is 20.6. The van der Waals surface area contributed by atoms with E-state index >= 15 is 0 Å². The molecule has 0 spiro atoms. The van der Waals surface area contributed by atoms with Crippen LogP contribution in [0.4, 0.5) is 11.4 Å². The molecule has 0 saturated carbocycles. The number of hydrogen-bond donors (Lipinski definition) is 4. The first kappa shape index (κ1) is 28.9. The van der Waals surface area contributed by atoms with E-state index in [1.807, 2.05) is 0 Å². The van der Waals surface area contributed by atoms with Crippen LogP contribution in [0, 0.1) is 10.4 Å². The number of hydrogen-bond acceptors (Lipinski definition) is 10. The van der Waals surface area contributed by atoms with Gasteiger partial charge in [-0.05, 0) is 65.6 Å². The van der Waals surface area contributed by atoms with E-state index in [2.05, 4.69) is 4.99 Å². The number of phenols is 4. The number of nitrogens with zero attached hydrogens (tertiary/aromatic N) is 2. The molecule has 2 aliphatic heterocycles. The molecular formula is C34H23N2O9S-. The van der Waals surface area contributed by atoms with Crippen LogP contribution in [0.3, 0.4) is 0 Å². The molecule has 7 rings (SSSR count). The molecule has 5 aromatic rings. The van der Waals surface area contributed by atoms with Gasteiger partial charge in [-0.3, -0.25) is 4.79 Å². The average Bonchev–Trinajstić information content (AvgIpc) is 3.54. The second kappa shape index (κ2) is 10.6. The van der Waals surface area contributed by atoms with E-state index in [0.29, 0.717) is 38.9 Å². The van der Waals surface area contributed by atoms with Crippen molar-refractivity contribution in [1.82, 2.24) is 0 Å². The van der Waals surface area contributed by atoms with Crippen molar-refractivity contribution in [2.75, 3.05) is 11.4 Å². The lowest BCUT2D eigenvalue weighted by Gasteiger charge is -2.23. The number of amides is 1. The number of fused-ring (bicyclic) bond motifs is 4. The summed E-state index contributed by atoms with van der Waals surface area (Å²) in [6.45, 7) is 0.156. The van der Waals surface area contributed by atoms with E-state index < -0.39 is 16.3 Å². The van der Waals surface area contributed by atoms with Gasteiger partial charge in [0.25, 0.3) is 16.3 Å². The Labute approximate surface area is 261 Å². The zero-order valence-electron chi connectivity index (χ0n) is 23.7. The summed E-state index contributed by atoms with van der Waals surface area (Å²) >= 11 is 0. The maximum atomic E-state index is 14.5. The lowest BCUT2D eigenvalue weighted by molar-refractivity contribution is -0.113. The molecule has 11 nitrogen and oxygen atoms in total. The minimum absolute atomic E-state index is 0.0131. The van der Waals surface area contributed by atoms with E-state index in [1.165, 1.54) is 41.3 Å². The first-order chi connectivity index (χ1) is 22.0. The topological polar surface area (TPSA) is 180 Å². The summed E-state index contributed by atoms with van der Waals surface area (Å²) in [6, 6.07) is 23.0. The molecule has 0 aliphatic carbocycles. The number of aromatic hydroxyl groups is 4. The predicted molar refractivity (Wildman–Crippen MR) is 165 cm³/mol. The normalized spacial score (nSPS) is 13.3. The van der Waals surface area contributed by atoms with Gasteiger partial charge in [0.05, 0.1) is 16.8 Å². The first-order valence-corrected chi connectivity index (χ1v) is 15.3. The second-order valence-corrected chi connectivity index (χ2v) is 11.8. The molecule has 2 heterocycles. The van der Waals surface area contributed by atoms with Crippen molar-refractivity contribution < 1.29 is 42.4 Å². The van der Waals surface area contributed by atoms with Crippen molar-refractivity contribution in [1.29, 1.82) is 0 Å². The van der Waals surface area contributed by atoms with Crippen LogP contribution in [-0.4, -0.2) is 45.8 Å². The molecule has 0 aromatic heterocycles. The van der Waals surface area contributed by atoms with Crippen molar-refractivity contribution in [2.24, 2.45) is 4.99 Å². The largest absolute Gasteiger partial charge is 0.716 e. The van der Waals surface area contributed by atoms with Gasteiger partial charge >= 0.3 is 0 Å². The summed E-state index contributed by atoms with van der Waals surface area (Å²) in [5, 5.41) is 42.7. The SMILES string of the molecule is O=C1C(c2ccc(O)cc2)=c2c(c(-c3ccc(O)cc3)c(O)c3c2=c2cccc(OS(=O)(=O)[O-])c2=N3)N1CCc1ccc(O)cc1. The third-order valence-electron chi connectivity index (χ3n) is 7.96.